The lowest BCUT2D eigenvalue weighted by molar-refractivity contribution is -0.129. The maximum atomic E-state index is 12.5. The molecule has 2 aromatic rings. The summed E-state index contributed by atoms with van der Waals surface area (Å²) in [5.74, 6) is -0.449. The van der Waals surface area contributed by atoms with E-state index >= 15 is 0 Å². The lowest BCUT2D eigenvalue weighted by Crippen LogP contribution is -2.30. The summed E-state index contributed by atoms with van der Waals surface area (Å²) < 4.78 is 0. The molecule has 1 N–H and O–H groups in total. The fourth-order valence-electron chi connectivity index (χ4n) is 3.01. The van der Waals surface area contributed by atoms with E-state index in [2.05, 4.69) is 17.9 Å². The number of amides is 2. The fourth-order valence-corrected chi connectivity index (χ4v) is 3.22. The molecule has 3 rings (SSSR count). The molecular weight excluding hydrogens is 320 g/mol. The van der Waals surface area contributed by atoms with Crippen LogP contribution < -0.4 is 5.32 Å². The van der Waals surface area contributed by atoms with Crippen molar-refractivity contribution >= 4 is 30.1 Å². The van der Waals surface area contributed by atoms with Crippen LogP contribution >= 0.6 is 12.6 Å². The highest BCUT2D eigenvalue weighted by Gasteiger charge is 2.37. The van der Waals surface area contributed by atoms with Crippen molar-refractivity contribution in [1.29, 1.82) is 0 Å². The summed E-state index contributed by atoms with van der Waals surface area (Å²) in [5, 5.41) is 2.88. The van der Waals surface area contributed by atoms with Crippen LogP contribution in [0.3, 0.4) is 0 Å². The van der Waals surface area contributed by atoms with Gasteiger partial charge in [0.05, 0.1) is 17.6 Å². The second kappa shape index (κ2) is 7.09. The Hall–Kier alpha value is -2.27. The number of likely N-dealkylation sites (tertiary alicyclic amines) is 1. The van der Waals surface area contributed by atoms with E-state index in [1.165, 1.54) is 0 Å². The van der Waals surface area contributed by atoms with Crippen LogP contribution in [0, 0.1) is 5.92 Å². The second-order valence-electron chi connectivity index (χ2n) is 6.04. The molecular formula is C19H20N2O2S. The monoisotopic (exact) mass is 340 g/mol. The van der Waals surface area contributed by atoms with Gasteiger partial charge in [-0.1, -0.05) is 42.5 Å². The molecule has 5 heteroatoms. The molecule has 0 aliphatic carbocycles. The van der Waals surface area contributed by atoms with Crippen molar-refractivity contribution in [3.8, 4) is 0 Å². The molecule has 2 aromatic carbocycles. The molecule has 4 nitrogen and oxygen atoms in total. The molecule has 2 amide bonds. The Morgan fingerprint density at radius 3 is 2.54 bits per heavy atom. The largest absolute Gasteiger partial charge is 0.335 e. The van der Waals surface area contributed by atoms with Gasteiger partial charge in [0, 0.05) is 17.9 Å². The van der Waals surface area contributed by atoms with Crippen molar-refractivity contribution in [2.24, 2.45) is 5.92 Å². The molecule has 0 spiro atoms. The van der Waals surface area contributed by atoms with E-state index in [4.69, 9.17) is 0 Å². The first-order valence-corrected chi connectivity index (χ1v) is 8.44. The van der Waals surface area contributed by atoms with E-state index in [1.807, 2.05) is 55.5 Å². The van der Waals surface area contributed by atoms with Crippen LogP contribution in [0.15, 0.2) is 59.5 Å². The number of carbonyl (C=O) groups excluding carboxylic acids is 2. The summed E-state index contributed by atoms with van der Waals surface area (Å²) in [7, 11) is 0. The molecule has 0 saturated carbocycles. The lowest BCUT2D eigenvalue weighted by atomic mass is 10.1. The minimum atomic E-state index is -0.336. The Bertz CT molecular complexity index is 748. The number of rotatable bonds is 4. The minimum absolute atomic E-state index is 0.0191. The van der Waals surface area contributed by atoms with Crippen LogP contribution in [0.25, 0.3) is 0 Å². The zero-order chi connectivity index (χ0) is 17.1. The van der Waals surface area contributed by atoms with Gasteiger partial charge in [-0.3, -0.25) is 9.59 Å². The molecule has 0 aromatic heterocycles. The number of carbonyl (C=O) groups is 2. The summed E-state index contributed by atoms with van der Waals surface area (Å²) in [5.41, 5.74) is 1.75. The first-order valence-electron chi connectivity index (χ1n) is 7.99. The van der Waals surface area contributed by atoms with Gasteiger partial charge in [0.15, 0.2) is 0 Å². The normalized spacial score (nSPS) is 18.5. The topological polar surface area (TPSA) is 49.4 Å². The number of hydrogen-bond donors (Lipinski definition) is 2. The van der Waals surface area contributed by atoms with Crippen molar-refractivity contribution in [3.63, 3.8) is 0 Å². The summed E-state index contributed by atoms with van der Waals surface area (Å²) in [6.45, 7) is 2.44. The predicted octanol–water partition coefficient (Wildman–Crippen LogP) is 3.52. The molecule has 24 heavy (non-hydrogen) atoms. The van der Waals surface area contributed by atoms with E-state index in [0.29, 0.717) is 17.1 Å². The summed E-state index contributed by atoms with van der Waals surface area (Å²) in [6, 6.07) is 17.2. The first-order chi connectivity index (χ1) is 11.6. The number of benzene rings is 2. The van der Waals surface area contributed by atoms with E-state index in [0.717, 1.165) is 5.56 Å². The first kappa shape index (κ1) is 16.6. The number of para-hydroxylation sites is 1. The van der Waals surface area contributed by atoms with E-state index in [1.54, 1.807) is 11.0 Å². The highest BCUT2D eigenvalue weighted by atomic mass is 32.1. The Balaban J connectivity index is 1.68. The third-order valence-corrected chi connectivity index (χ3v) is 4.83. The third-order valence-electron chi connectivity index (χ3n) is 4.44. The number of nitrogens with zero attached hydrogens (tertiary/aromatic N) is 1. The Morgan fingerprint density at radius 1 is 1.17 bits per heavy atom. The molecule has 124 valence electrons. The van der Waals surface area contributed by atoms with Gasteiger partial charge in [-0.05, 0) is 24.6 Å². The Labute approximate surface area is 147 Å². The maximum Gasteiger partial charge on any atom is 0.229 e. The van der Waals surface area contributed by atoms with Crippen LogP contribution in [-0.2, 0) is 9.59 Å². The van der Waals surface area contributed by atoms with Crippen molar-refractivity contribution in [1.82, 2.24) is 4.90 Å². The van der Waals surface area contributed by atoms with Crippen molar-refractivity contribution < 1.29 is 9.59 Å². The zero-order valence-corrected chi connectivity index (χ0v) is 14.4. The molecule has 0 bridgehead atoms. The Morgan fingerprint density at radius 2 is 1.83 bits per heavy atom. The molecule has 2 atom stereocenters. The summed E-state index contributed by atoms with van der Waals surface area (Å²) >= 11 is 4.34. The zero-order valence-electron chi connectivity index (χ0n) is 13.5. The van der Waals surface area contributed by atoms with Gasteiger partial charge >= 0.3 is 0 Å². The highest BCUT2D eigenvalue weighted by Crippen LogP contribution is 2.29. The van der Waals surface area contributed by atoms with Crippen LogP contribution in [-0.4, -0.2) is 23.3 Å². The standard InChI is InChI=1S/C19H20N2O2S/c1-13(14-7-3-2-4-8-14)21-12-15(11-18(21)22)19(23)20-16-9-5-6-10-17(16)24/h2-10,13,15,24H,11-12H2,1H3,(H,20,23). The van der Waals surface area contributed by atoms with Gasteiger partial charge in [0.2, 0.25) is 11.8 Å². The van der Waals surface area contributed by atoms with Crippen LogP contribution in [0.5, 0.6) is 0 Å². The number of hydrogen-bond acceptors (Lipinski definition) is 3. The minimum Gasteiger partial charge on any atom is -0.335 e. The van der Waals surface area contributed by atoms with Crippen molar-refractivity contribution in [2.75, 3.05) is 11.9 Å². The average Bonchev–Trinajstić information content (AvgIpc) is 2.99. The molecule has 1 heterocycles. The quantitative estimate of drug-likeness (QED) is 0.837. The molecule has 1 saturated heterocycles. The maximum absolute atomic E-state index is 12.5. The smallest absolute Gasteiger partial charge is 0.229 e. The van der Waals surface area contributed by atoms with Crippen LogP contribution in [0.1, 0.15) is 24.9 Å². The van der Waals surface area contributed by atoms with Gasteiger partial charge in [0.1, 0.15) is 0 Å². The molecule has 0 radical (unpaired) electrons. The SMILES string of the molecule is CC(c1ccccc1)N1CC(C(=O)Nc2ccccc2S)CC1=O. The van der Waals surface area contributed by atoms with E-state index in [-0.39, 0.29) is 30.2 Å². The number of nitrogens with one attached hydrogen (secondary N) is 1. The molecule has 1 aliphatic heterocycles. The third kappa shape index (κ3) is 3.46. The highest BCUT2D eigenvalue weighted by molar-refractivity contribution is 7.80. The van der Waals surface area contributed by atoms with E-state index in [9.17, 15) is 9.59 Å². The molecule has 2 unspecified atom stereocenters. The van der Waals surface area contributed by atoms with Gasteiger partial charge in [-0.2, -0.15) is 0 Å². The van der Waals surface area contributed by atoms with Gasteiger partial charge < -0.3 is 10.2 Å². The van der Waals surface area contributed by atoms with E-state index < -0.39 is 0 Å². The van der Waals surface area contributed by atoms with Crippen LogP contribution in [0.2, 0.25) is 0 Å². The molecule has 1 aliphatic rings. The Kier molecular flexibility index (Phi) is 4.90. The second-order valence-corrected chi connectivity index (χ2v) is 6.52. The van der Waals surface area contributed by atoms with Gasteiger partial charge in [0.25, 0.3) is 0 Å². The summed E-state index contributed by atoms with van der Waals surface area (Å²) in [6.07, 6.45) is 0.248. The number of thiol groups is 1. The number of anilines is 1. The summed E-state index contributed by atoms with van der Waals surface area (Å²) in [4.78, 5) is 27.3. The lowest BCUT2D eigenvalue weighted by Gasteiger charge is -2.25. The van der Waals surface area contributed by atoms with Gasteiger partial charge in [-0.25, -0.2) is 0 Å². The predicted molar refractivity (Wildman–Crippen MR) is 97.0 cm³/mol. The molecule has 1 fully saturated rings. The van der Waals surface area contributed by atoms with Crippen molar-refractivity contribution in [2.45, 2.75) is 24.3 Å². The van der Waals surface area contributed by atoms with Crippen molar-refractivity contribution in [3.05, 3.63) is 60.2 Å². The van der Waals surface area contributed by atoms with Gasteiger partial charge in [-0.15, -0.1) is 12.6 Å². The van der Waals surface area contributed by atoms with Crippen LogP contribution in [0.4, 0.5) is 5.69 Å². The average molecular weight is 340 g/mol. The fraction of sp³-hybridized carbons (Fsp3) is 0.263.